The van der Waals surface area contributed by atoms with Crippen LogP contribution in [-0.4, -0.2) is 29.6 Å². The van der Waals surface area contributed by atoms with E-state index in [1.54, 1.807) is 0 Å². The Hall–Kier alpha value is -0.210. The van der Waals surface area contributed by atoms with Gasteiger partial charge in [0, 0.05) is 10.4 Å². The molecule has 2 unspecified atom stereocenters. The molecule has 6 N–H and O–H groups in total. The van der Waals surface area contributed by atoms with Crippen molar-refractivity contribution >= 4 is 10.4 Å². The maximum absolute atomic E-state index is 8.52. The van der Waals surface area contributed by atoms with Crippen LogP contribution >= 0.6 is 0 Å². The molecule has 0 aromatic rings. The van der Waals surface area contributed by atoms with Gasteiger partial charge in [0.1, 0.15) is 0 Å². The van der Waals surface area contributed by atoms with Crippen molar-refractivity contribution in [2.24, 2.45) is 0 Å². The molecule has 0 amide bonds. The van der Waals surface area contributed by atoms with Gasteiger partial charge >= 0.3 is 0 Å². The Morgan fingerprint density at radius 1 is 0.696 bits per heavy atom. The molecule has 0 rings (SSSR count). The quantitative estimate of drug-likeness (QED) is 0.456. The van der Waals surface area contributed by atoms with E-state index in [1.807, 2.05) is 0 Å². The Labute approximate surface area is 144 Å². The largest absolute Gasteiger partial charge is 0.759 e. The van der Waals surface area contributed by atoms with E-state index in [9.17, 15) is 0 Å². The monoisotopic (exact) mass is 356 g/mol. The van der Waals surface area contributed by atoms with Crippen LogP contribution in [0.3, 0.4) is 0 Å². The summed E-state index contributed by atoms with van der Waals surface area (Å²) in [4.78, 5) is 0. The van der Waals surface area contributed by atoms with E-state index in [4.69, 9.17) is 17.5 Å². The molecular weight excluding hydrogens is 316 g/mol. The maximum Gasteiger partial charge on any atom is 0.0843 e. The van der Waals surface area contributed by atoms with Gasteiger partial charge in [-0.2, -0.15) is 0 Å². The fourth-order valence-electron chi connectivity index (χ4n) is 2.09. The number of unbranched alkanes of at least 4 members (excludes halogenated alkanes) is 2. The average Bonchev–Trinajstić information content (AvgIpc) is 2.42. The molecule has 0 saturated heterocycles. The minimum atomic E-state index is -5.17. The molecule has 2 atom stereocenters. The lowest BCUT2D eigenvalue weighted by molar-refractivity contribution is -0.423. The maximum atomic E-state index is 8.52. The summed E-state index contributed by atoms with van der Waals surface area (Å²) >= 11 is 0. The Balaban J connectivity index is -0.000000273. The second kappa shape index (κ2) is 19.8. The molecule has 0 aromatic carbocycles. The molecular formula is C16H40N2O4S. The lowest BCUT2D eigenvalue weighted by Crippen LogP contribution is -2.60. The van der Waals surface area contributed by atoms with E-state index in [-0.39, 0.29) is 0 Å². The second-order valence-corrected chi connectivity index (χ2v) is 6.82. The summed E-state index contributed by atoms with van der Waals surface area (Å²) in [5, 5.41) is 0. The molecule has 0 heterocycles. The summed E-state index contributed by atoms with van der Waals surface area (Å²) in [6.45, 7) is 8.92. The van der Waals surface area contributed by atoms with Crippen LogP contribution in [0, 0.1) is 0 Å². The van der Waals surface area contributed by atoms with Gasteiger partial charge in [0.25, 0.3) is 0 Å². The van der Waals surface area contributed by atoms with Gasteiger partial charge in [0.05, 0.1) is 12.1 Å². The Morgan fingerprint density at radius 2 is 0.957 bits per heavy atom. The predicted molar refractivity (Wildman–Crippen MR) is 92.7 cm³/mol. The molecule has 0 aliphatic carbocycles. The second-order valence-electron chi connectivity index (χ2n) is 6.00. The molecule has 144 valence electrons. The lowest BCUT2D eigenvalue weighted by atomic mass is 10.1. The SMILES string of the molecule is CCCCC([NH3+])CCC.CCCCC([NH3+])CCC.O=S(=O)([O-])[O-]. The van der Waals surface area contributed by atoms with Gasteiger partial charge < -0.3 is 20.6 Å². The summed E-state index contributed by atoms with van der Waals surface area (Å²) in [5.41, 5.74) is 8.13. The van der Waals surface area contributed by atoms with Gasteiger partial charge in [-0.25, -0.2) is 0 Å². The molecule has 0 aliphatic heterocycles. The fourth-order valence-corrected chi connectivity index (χ4v) is 2.09. The minimum Gasteiger partial charge on any atom is -0.759 e. The zero-order valence-electron chi connectivity index (χ0n) is 15.7. The number of hydrogen-bond acceptors (Lipinski definition) is 4. The first-order valence-electron chi connectivity index (χ1n) is 8.94. The van der Waals surface area contributed by atoms with Crippen molar-refractivity contribution in [3.8, 4) is 0 Å². The van der Waals surface area contributed by atoms with Crippen molar-refractivity contribution in [3.05, 3.63) is 0 Å². The summed E-state index contributed by atoms with van der Waals surface area (Å²) in [5.74, 6) is 0. The molecule has 0 bridgehead atoms. The summed E-state index contributed by atoms with van der Waals surface area (Å²) in [7, 11) is -5.17. The van der Waals surface area contributed by atoms with Gasteiger partial charge in [-0.15, -0.1) is 0 Å². The van der Waals surface area contributed by atoms with Crippen molar-refractivity contribution in [2.45, 2.75) is 104 Å². The van der Waals surface area contributed by atoms with Crippen molar-refractivity contribution < 1.29 is 29.0 Å². The van der Waals surface area contributed by atoms with Gasteiger partial charge in [-0.1, -0.05) is 53.4 Å². The number of quaternary nitrogens is 2. The van der Waals surface area contributed by atoms with Crippen LogP contribution in [0.2, 0.25) is 0 Å². The van der Waals surface area contributed by atoms with E-state index in [0.29, 0.717) is 0 Å². The summed E-state index contributed by atoms with van der Waals surface area (Å²) < 4.78 is 34.1. The van der Waals surface area contributed by atoms with E-state index < -0.39 is 10.4 Å². The standard InChI is InChI=1S/2C8H19N.H2O4S/c2*1-3-5-7-8(9)6-4-2;1-5(2,3)4/h2*8H,3-7,9H2,1-2H3;(H2,1,2,3,4). The first-order valence-corrected chi connectivity index (χ1v) is 10.3. The summed E-state index contributed by atoms with van der Waals surface area (Å²) in [6, 6.07) is 1.44. The molecule has 0 spiro atoms. The van der Waals surface area contributed by atoms with Gasteiger partial charge in [0.15, 0.2) is 0 Å². The highest BCUT2D eigenvalue weighted by Crippen LogP contribution is 2.02. The zero-order chi connectivity index (χ0) is 18.7. The van der Waals surface area contributed by atoms with Crippen LogP contribution in [0.5, 0.6) is 0 Å². The normalized spacial score (nSPS) is 13.2. The van der Waals surface area contributed by atoms with Crippen LogP contribution in [0.1, 0.15) is 91.9 Å². The van der Waals surface area contributed by atoms with Gasteiger partial charge in [-0.3, -0.25) is 8.42 Å². The Bertz CT molecular complexity index is 287. The van der Waals surface area contributed by atoms with E-state index in [2.05, 4.69) is 39.2 Å². The summed E-state index contributed by atoms with van der Waals surface area (Å²) in [6.07, 6.45) is 13.2. The van der Waals surface area contributed by atoms with E-state index in [1.165, 1.54) is 64.2 Å². The van der Waals surface area contributed by atoms with Crippen LogP contribution < -0.4 is 11.5 Å². The molecule has 0 fully saturated rings. The van der Waals surface area contributed by atoms with Crippen molar-refractivity contribution in [2.75, 3.05) is 0 Å². The molecule has 6 nitrogen and oxygen atoms in total. The van der Waals surface area contributed by atoms with E-state index in [0.717, 1.165) is 12.1 Å². The molecule has 23 heavy (non-hydrogen) atoms. The van der Waals surface area contributed by atoms with E-state index >= 15 is 0 Å². The fraction of sp³-hybridized carbons (Fsp3) is 1.00. The highest BCUT2D eigenvalue weighted by molar-refractivity contribution is 7.79. The first-order chi connectivity index (χ1) is 10.6. The molecule has 0 aliphatic rings. The average molecular weight is 357 g/mol. The minimum absolute atomic E-state index is 0.718. The predicted octanol–water partition coefficient (Wildman–Crippen LogP) is 1.84. The highest BCUT2D eigenvalue weighted by atomic mass is 32.3. The van der Waals surface area contributed by atoms with Crippen molar-refractivity contribution in [3.63, 3.8) is 0 Å². The molecule has 7 heteroatoms. The zero-order valence-corrected chi connectivity index (χ0v) is 16.5. The molecule has 0 radical (unpaired) electrons. The molecule has 0 aromatic heterocycles. The van der Waals surface area contributed by atoms with Crippen LogP contribution in [0.15, 0.2) is 0 Å². The number of hydrogen-bond donors (Lipinski definition) is 2. The van der Waals surface area contributed by atoms with Crippen LogP contribution in [0.4, 0.5) is 0 Å². The first kappa shape index (κ1) is 27.6. The molecule has 0 saturated carbocycles. The third kappa shape index (κ3) is 44.9. The third-order valence-electron chi connectivity index (χ3n) is 3.33. The van der Waals surface area contributed by atoms with Gasteiger partial charge in [0.2, 0.25) is 0 Å². The van der Waals surface area contributed by atoms with Gasteiger partial charge in [-0.05, 0) is 38.5 Å². The highest BCUT2D eigenvalue weighted by Gasteiger charge is 2.02. The smallest absolute Gasteiger partial charge is 0.0843 e. The topological polar surface area (TPSA) is 136 Å². The lowest BCUT2D eigenvalue weighted by Gasteiger charge is -2.06. The Morgan fingerprint density at radius 3 is 1.13 bits per heavy atom. The van der Waals surface area contributed by atoms with Crippen molar-refractivity contribution in [1.29, 1.82) is 0 Å². The number of rotatable bonds is 10. The van der Waals surface area contributed by atoms with Crippen LogP contribution in [0.25, 0.3) is 0 Å². The van der Waals surface area contributed by atoms with Crippen LogP contribution in [-0.2, 0) is 10.4 Å². The Kier molecular flexibility index (Phi) is 23.8. The van der Waals surface area contributed by atoms with Crippen molar-refractivity contribution in [1.82, 2.24) is 0 Å². The third-order valence-corrected chi connectivity index (χ3v) is 3.33.